The van der Waals surface area contributed by atoms with Crippen LogP contribution in [0.15, 0.2) is 64.6 Å². The number of ether oxygens (including phenoxy) is 2. The summed E-state index contributed by atoms with van der Waals surface area (Å²) in [6.07, 6.45) is 12.5. The second kappa shape index (κ2) is 26.2. The van der Waals surface area contributed by atoms with Gasteiger partial charge in [0.15, 0.2) is 11.9 Å². The van der Waals surface area contributed by atoms with Crippen molar-refractivity contribution < 1.29 is 19.1 Å². The molecule has 1 fully saturated rings. The van der Waals surface area contributed by atoms with E-state index in [-0.39, 0.29) is 5.91 Å². The van der Waals surface area contributed by atoms with Gasteiger partial charge >= 0.3 is 0 Å². The molecule has 1 amide bonds. The first-order valence-electron chi connectivity index (χ1n) is 21.7. The molecule has 0 aliphatic carbocycles. The van der Waals surface area contributed by atoms with E-state index in [9.17, 15) is 9.59 Å². The fraction of sp³-hybridized carbons (Fsp3) is 0.478. The molecule has 4 N–H and O–H groups in total. The third kappa shape index (κ3) is 15.0. The van der Waals surface area contributed by atoms with Crippen molar-refractivity contribution in [2.75, 3.05) is 112 Å². The molecular weight excluding hydrogens is 799 g/mol. The van der Waals surface area contributed by atoms with Crippen molar-refractivity contribution in [3.8, 4) is 11.3 Å². The van der Waals surface area contributed by atoms with Gasteiger partial charge in [-0.15, -0.1) is 0 Å². The number of nitrogens with two attached hydrogens (primary N) is 1. The molecule has 3 aromatic heterocycles. The van der Waals surface area contributed by atoms with Crippen molar-refractivity contribution in [3.63, 3.8) is 0 Å². The number of allylic oxidation sites excluding steroid dienone is 2. The van der Waals surface area contributed by atoms with E-state index >= 15 is 0 Å². The van der Waals surface area contributed by atoms with Crippen LogP contribution in [0, 0.1) is 6.92 Å². The fourth-order valence-corrected chi connectivity index (χ4v) is 7.31. The lowest BCUT2D eigenvalue weighted by molar-refractivity contribution is -0.133. The summed E-state index contributed by atoms with van der Waals surface area (Å²) in [7, 11) is 4.08. The molecule has 338 valence electrons. The van der Waals surface area contributed by atoms with E-state index in [2.05, 4.69) is 89.5 Å². The van der Waals surface area contributed by atoms with E-state index in [0.29, 0.717) is 63.6 Å². The highest BCUT2D eigenvalue weighted by molar-refractivity contribution is 6.01. The molecule has 4 aromatic rings. The standard InChI is InChI=1S/C25H27N7.C21H38N6O4/c1-4-5-18-11-21(12-27-16(18)2)23-22-24(26)28-15-29-25(22)32(30-23)13-17-6-7-20-14-31(3)9-8-19(20)10-17;1-22-4-8-26(9-5-25-18-20(19-28)17-23-2)12-14-31-16-15-30-13-3-21(29)27-10-6-24-7-11-27/h4-7,10-12,15H,8-9,13-14H2,1-3H3,(H2,26,28,29);17-19,22,24H,2-16H2,1H3/b5-4-;20-17+,25-18?. The zero-order valence-electron chi connectivity index (χ0n) is 37.5. The molecule has 0 bridgehead atoms. The Morgan fingerprint density at radius 1 is 1.05 bits per heavy atom. The minimum absolute atomic E-state index is 0.154. The van der Waals surface area contributed by atoms with Crippen LogP contribution in [0.1, 0.15) is 41.3 Å². The van der Waals surface area contributed by atoms with Crippen molar-refractivity contribution in [1.29, 1.82) is 0 Å². The van der Waals surface area contributed by atoms with Gasteiger partial charge in [0.2, 0.25) is 5.91 Å². The zero-order valence-corrected chi connectivity index (χ0v) is 37.5. The van der Waals surface area contributed by atoms with Crippen molar-refractivity contribution in [2.24, 2.45) is 9.98 Å². The number of rotatable bonds is 22. The molecule has 1 saturated heterocycles. The lowest BCUT2D eigenvalue weighted by atomic mass is 9.97. The number of nitrogens with one attached hydrogen (secondary N) is 2. The summed E-state index contributed by atoms with van der Waals surface area (Å²) in [4.78, 5) is 50.5. The highest BCUT2D eigenvalue weighted by Crippen LogP contribution is 2.31. The fourth-order valence-electron chi connectivity index (χ4n) is 7.31. The highest BCUT2D eigenvalue weighted by atomic mass is 16.5. The van der Waals surface area contributed by atoms with Gasteiger partial charge in [-0.3, -0.25) is 29.5 Å². The van der Waals surface area contributed by atoms with Gasteiger partial charge in [0.1, 0.15) is 17.8 Å². The molecule has 63 heavy (non-hydrogen) atoms. The van der Waals surface area contributed by atoms with E-state index in [4.69, 9.17) is 20.3 Å². The van der Waals surface area contributed by atoms with Gasteiger partial charge in [-0.2, -0.15) is 5.10 Å². The van der Waals surface area contributed by atoms with E-state index in [0.717, 1.165) is 105 Å². The Bertz CT molecular complexity index is 2180. The normalized spacial score (nSPS) is 14.7. The molecule has 17 heteroatoms. The summed E-state index contributed by atoms with van der Waals surface area (Å²) in [5.74, 6) is 0.583. The average Bonchev–Trinajstić information content (AvgIpc) is 3.67. The van der Waals surface area contributed by atoms with Crippen LogP contribution in [0.2, 0.25) is 0 Å². The quantitative estimate of drug-likeness (QED) is 0.0453. The Kier molecular flexibility index (Phi) is 20.1. The second-order valence-electron chi connectivity index (χ2n) is 15.5. The summed E-state index contributed by atoms with van der Waals surface area (Å²) in [6, 6.07) is 8.82. The number of hydrogen-bond donors (Lipinski definition) is 3. The number of piperazine rings is 1. The molecule has 0 saturated carbocycles. The monoisotopic (exact) mass is 864 g/mol. The Morgan fingerprint density at radius 2 is 1.86 bits per heavy atom. The van der Waals surface area contributed by atoms with Crippen molar-refractivity contribution >= 4 is 48.1 Å². The molecule has 2 aliphatic heterocycles. The van der Waals surface area contributed by atoms with Gasteiger partial charge < -0.3 is 35.6 Å². The number of amides is 1. The van der Waals surface area contributed by atoms with Gasteiger partial charge in [0.05, 0.1) is 56.9 Å². The van der Waals surface area contributed by atoms with Gasteiger partial charge in [-0.1, -0.05) is 30.4 Å². The molecule has 0 unspecified atom stereocenters. The summed E-state index contributed by atoms with van der Waals surface area (Å²) >= 11 is 0. The predicted octanol–water partition coefficient (Wildman–Crippen LogP) is 3.07. The van der Waals surface area contributed by atoms with E-state index in [1.54, 1.807) is 0 Å². The van der Waals surface area contributed by atoms with Gasteiger partial charge in [-0.05, 0) is 69.4 Å². The van der Waals surface area contributed by atoms with Crippen LogP contribution in [-0.2, 0) is 38.6 Å². The molecule has 17 nitrogen and oxygen atoms in total. The molecule has 6 rings (SSSR count). The summed E-state index contributed by atoms with van der Waals surface area (Å²) in [5.41, 5.74) is 15.1. The summed E-state index contributed by atoms with van der Waals surface area (Å²) in [6.45, 7) is 19.2. The number of aryl methyl sites for hydroxylation is 1. The number of aromatic nitrogens is 5. The minimum atomic E-state index is 0.154. The van der Waals surface area contributed by atoms with Crippen LogP contribution in [0.25, 0.3) is 28.4 Å². The largest absolute Gasteiger partial charge is 0.383 e. The maximum absolute atomic E-state index is 12.0. The molecule has 0 spiro atoms. The van der Waals surface area contributed by atoms with Crippen LogP contribution >= 0.6 is 0 Å². The van der Waals surface area contributed by atoms with E-state index in [1.807, 2.05) is 42.7 Å². The first-order chi connectivity index (χ1) is 30.7. The van der Waals surface area contributed by atoms with Crippen LogP contribution < -0.4 is 16.4 Å². The zero-order chi connectivity index (χ0) is 44.8. The Labute approximate surface area is 371 Å². The first kappa shape index (κ1) is 48.5. The van der Waals surface area contributed by atoms with Crippen molar-refractivity contribution in [2.45, 2.75) is 39.8 Å². The first-order valence-corrected chi connectivity index (χ1v) is 21.7. The van der Waals surface area contributed by atoms with Gasteiger partial charge in [0.25, 0.3) is 0 Å². The van der Waals surface area contributed by atoms with Crippen LogP contribution in [0.4, 0.5) is 5.82 Å². The summed E-state index contributed by atoms with van der Waals surface area (Å²) in [5, 5.41) is 12.1. The number of aldehydes is 1. The van der Waals surface area contributed by atoms with Crippen molar-refractivity contribution in [3.05, 3.63) is 82.6 Å². The number of benzene rings is 1. The lowest BCUT2D eigenvalue weighted by Gasteiger charge is -2.27. The number of aliphatic imine (C=N–C) groups is 2. The number of nitrogen functional groups attached to an aromatic ring is 1. The minimum Gasteiger partial charge on any atom is -0.383 e. The number of likely N-dealkylation sites (N-methyl/N-ethyl adjacent to an activating group) is 2. The summed E-state index contributed by atoms with van der Waals surface area (Å²) < 4.78 is 13.1. The lowest BCUT2D eigenvalue weighted by Crippen LogP contribution is -2.46. The van der Waals surface area contributed by atoms with Gasteiger partial charge in [-0.25, -0.2) is 14.6 Å². The Hall–Kier alpha value is -5.56. The number of fused-ring (bicyclic) bond motifs is 2. The highest BCUT2D eigenvalue weighted by Gasteiger charge is 2.20. The molecule has 1 aromatic carbocycles. The SMILES string of the molecule is C/C=C\c1cc(-c2nn(Cc3ccc4c(c3)CCN(C)C4)c3ncnc(N)c23)cnc1C.C=N/C=C(/C=O)C=NCCN(CCNC)CCOCCOCCC(=O)N1CCNCC1. The third-order valence-electron chi connectivity index (χ3n) is 10.8. The van der Waals surface area contributed by atoms with Crippen LogP contribution in [-0.4, -0.2) is 171 Å². The Balaban J connectivity index is 0.000000238. The molecule has 0 atom stereocenters. The number of anilines is 1. The van der Waals surface area contributed by atoms with Crippen molar-refractivity contribution in [1.82, 2.24) is 50.1 Å². The number of hydrogen-bond acceptors (Lipinski definition) is 15. The topological polar surface area (TPSA) is 194 Å². The second-order valence-corrected chi connectivity index (χ2v) is 15.5. The third-order valence-corrected chi connectivity index (χ3v) is 10.8. The van der Waals surface area contributed by atoms with E-state index in [1.165, 1.54) is 35.4 Å². The number of nitrogens with zero attached hydrogens (tertiary/aromatic N) is 10. The Morgan fingerprint density at radius 3 is 2.62 bits per heavy atom. The van der Waals surface area contributed by atoms with E-state index < -0.39 is 0 Å². The van der Waals surface area contributed by atoms with Gasteiger partial charge in [0, 0.05) is 95.3 Å². The average molecular weight is 864 g/mol. The molecule has 2 aliphatic rings. The van der Waals surface area contributed by atoms with Crippen LogP contribution in [0.3, 0.4) is 0 Å². The smallest absolute Gasteiger partial charge is 0.224 e. The number of carbonyl (C=O) groups is 2. The maximum Gasteiger partial charge on any atom is 0.224 e. The molecule has 5 heterocycles. The van der Waals surface area contributed by atoms with Crippen LogP contribution in [0.5, 0.6) is 0 Å². The molecular formula is C46H65N13O4. The number of carbonyl (C=O) groups excluding carboxylic acids is 2. The predicted molar refractivity (Wildman–Crippen MR) is 251 cm³/mol. The maximum atomic E-state index is 12.0. The molecule has 0 radical (unpaired) electrons. The number of pyridine rings is 1.